The summed E-state index contributed by atoms with van der Waals surface area (Å²) in [5.41, 5.74) is -0.575. The van der Waals surface area contributed by atoms with E-state index in [2.05, 4.69) is 0 Å². The maximum atomic E-state index is 13.4. The molecule has 0 N–H and O–H groups in total. The first-order chi connectivity index (χ1) is 9.36. The molecule has 0 aliphatic rings. The zero-order valence-corrected chi connectivity index (χ0v) is 10.9. The molecule has 0 aromatic heterocycles. The molecule has 0 unspecified atom stereocenters. The average Bonchev–Trinajstić information content (AvgIpc) is 2.39. The summed E-state index contributed by atoms with van der Waals surface area (Å²) >= 11 is 5.72. The van der Waals surface area contributed by atoms with Gasteiger partial charge in [0.2, 0.25) is 0 Å². The highest BCUT2D eigenvalue weighted by atomic mass is 35.5. The molecule has 1 nitrogen and oxygen atoms in total. The van der Waals surface area contributed by atoms with Gasteiger partial charge < -0.3 is 17.7 Å². The SMILES string of the molecule is Fc1ccc(Cl)cc1COc1cccc([B-](F)(F)F)c1. The third kappa shape index (κ3) is 3.66. The van der Waals surface area contributed by atoms with E-state index >= 15 is 0 Å². The predicted molar refractivity (Wildman–Crippen MR) is 70.9 cm³/mol. The molecule has 0 bridgehead atoms. The molecule has 20 heavy (non-hydrogen) atoms. The van der Waals surface area contributed by atoms with Gasteiger partial charge in [-0.3, -0.25) is 0 Å². The van der Waals surface area contributed by atoms with Gasteiger partial charge in [-0.25, -0.2) is 4.39 Å². The van der Waals surface area contributed by atoms with Crippen molar-refractivity contribution in [1.29, 1.82) is 0 Å². The van der Waals surface area contributed by atoms with Gasteiger partial charge in [0, 0.05) is 10.6 Å². The number of rotatable bonds is 4. The Hall–Kier alpha value is -1.69. The summed E-state index contributed by atoms with van der Waals surface area (Å²) in [6.45, 7) is -5.28. The lowest BCUT2D eigenvalue weighted by Gasteiger charge is -2.16. The van der Waals surface area contributed by atoms with Crippen LogP contribution in [-0.2, 0) is 6.61 Å². The Labute approximate surface area is 118 Å². The highest BCUT2D eigenvalue weighted by Gasteiger charge is 2.25. The van der Waals surface area contributed by atoms with Crippen LogP contribution < -0.4 is 10.2 Å². The van der Waals surface area contributed by atoms with Crippen LogP contribution in [0.25, 0.3) is 0 Å². The van der Waals surface area contributed by atoms with Gasteiger partial charge in [0.15, 0.2) is 0 Å². The van der Waals surface area contributed by atoms with E-state index in [4.69, 9.17) is 16.3 Å². The Kier molecular flexibility index (Phi) is 4.23. The van der Waals surface area contributed by atoms with Crippen LogP contribution in [0, 0.1) is 5.82 Å². The Balaban J connectivity index is 2.13. The van der Waals surface area contributed by atoms with Crippen LogP contribution >= 0.6 is 11.6 Å². The van der Waals surface area contributed by atoms with Gasteiger partial charge in [-0.05, 0) is 30.3 Å². The molecule has 0 saturated carbocycles. The van der Waals surface area contributed by atoms with E-state index in [0.29, 0.717) is 5.02 Å². The van der Waals surface area contributed by atoms with E-state index in [0.717, 1.165) is 12.1 Å². The van der Waals surface area contributed by atoms with E-state index in [-0.39, 0.29) is 17.9 Å². The van der Waals surface area contributed by atoms with E-state index in [1.807, 2.05) is 0 Å². The van der Waals surface area contributed by atoms with E-state index in [1.54, 1.807) is 0 Å². The van der Waals surface area contributed by atoms with Crippen molar-refractivity contribution < 1.29 is 22.1 Å². The highest BCUT2D eigenvalue weighted by Crippen LogP contribution is 2.19. The van der Waals surface area contributed by atoms with Gasteiger partial charge in [0.1, 0.15) is 18.2 Å². The zero-order valence-electron chi connectivity index (χ0n) is 10.1. The van der Waals surface area contributed by atoms with Crippen molar-refractivity contribution in [2.24, 2.45) is 0 Å². The quantitative estimate of drug-likeness (QED) is 0.610. The van der Waals surface area contributed by atoms with E-state index in [1.165, 1.54) is 30.3 Å². The van der Waals surface area contributed by atoms with E-state index in [9.17, 15) is 17.3 Å². The summed E-state index contributed by atoms with van der Waals surface area (Å²) in [4.78, 5) is 0. The topological polar surface area (TPSA) is 9.23 Å². The minimum atomic E-state index is -5.08. The summed E-state index contributed by atoms with van der Waals surface area (Å²) in [6.07, 6.45) is 0. The molecule has 0 fully saturated rings. The van der Waals surface area contributed by atoms with E-state index < -0.39 is 18.3 Å². The molecular weight excluding hydrogens is 294 g/mol. The van der Waals surface area contributed by atoms with Gasteiger partial charge >= 0.3 is 6.98 Å². The molecule has 2 aromatic carbocycles. The molecule has 2 rings (SSSR count). The molecule has 7 heteroatoms. The van der Waals surface area contributed by atoms with Crippen LogP contribution in [0.5, 0.6) is 5.75 Å². The predicted octanol–water partition coefficient (Wildman–Crippen LogP) is 4.11. The molecule has 0 amide bonds. The van der Waals surface area contributed by atoms with Gasteiger partial charge in [0.05, 0.1) is 0 Å². The average molecular weight is 303 g/mol. The normalized spacial score (nSPS) is 11.4. The van der Waals surface area contributed by atoms with Gasteiger partial charge in [0.25, 0.3) is 0 Å². The van der Waals surface area contributed by atoms with Crippen molar-refractivity contribution in [3.05, 3.63) is 58.9 Å². The number of hydrogen-bond acceptors (Lipinski definition) is 1. The Morgan fingerprint density at radius 2 is 1.80 bits per heavy atom. The molecule has 0 saturated heterocycles. The van der Waals surface area contributed by atoms with Crippen molar-refractivity contribution in [2.75, 3.05) is 0 Å². The van der Waals surface area contributed by atoms with Gasteiger partial charge in [-0.2, -0.15) is 0 Å². The minimum absolute atomic E-state index is 0.0288. The van der Waals surface area contributed by atoms with Crippen LogP contribution in [-0.4, -0.2) is 6.98 Å². The molecule has 106 valence electrons. The van der Waals surface area contributed by atoms with Crippen molar-refractivity contribution in [3.8, 4) is 5.75 Å². The fourth-order valence-electron chi connectivity index (χ4n) is 1.62. The third-order valence-corrected chi connectivity index (χ3v) is 2.87. The van der Waals surface area contributed by atoms with Crippen molar-refractivity contribution >= 4 is 24.0 Å². The summed E-state index contributed by atoms with van der Waals surface area (Å²) in [6, 6.07) is 8.41. The molecule has 0 heterocycles. The molecule has 0 spiro atoms. The number of benzene rings is 2. The second-order valence-electron chi connectivity index (χ2n) is 4.17. The molecule has 2 aromatic rings. The fourth-order valence-corrected chi connectivity index (χ4v) is 1.82. The number of ether oxygens (including phenoxy) is 1. The smallest absolute Gasteiger partial charge is 0.489 e. The van der Waals surface area contributed by atoms with Crippen molar-refractivity contribution in [3.63, 3.8) is 0 Å². The maximum absolute atomic E-state index is 13.4. The summed E-state index contributed by atoms with van der Waals surface area (Å²) in [5.74, 6) is -0.494. The van der Waals surface area contributed by atoms with Crippen LogP contribution in [0.2, 0.25) is 5.02 Å². The molecule has 0 radical (unpaired) electrons. The van der Waals surface area contributed by atoms with Crippen LogP contribution in [0.3, 0.4) is 0 Å². The first kappa shape index (κ1) is 14.7. The zero-order chi connectivity index (χ0) is 14.8. The molecule has 0 aliphatic carbocycles. The Bertz CT molecular complexity index is 616. The molecule has 0 aliphatic heterocycles. The summed E-state index contributed by atoms with van der Waals surface area (Å²) in [7, 11) is 0. The molecular formula is C13H9BClF4O-. The second kappa shape index (κ2) is 5.75. The third-order valence-electron chi connectivity index (χ3n) is 2.64. The monoisotopic (exact) mass is 303 g/mol. The lowest BCUT2D eigenvalue weighted by Crippen LogP contribution is -2.33. The minimum Gasteiger partial charge on any atom is -0.489 e. The first-order valence-electron chi connectivity index (χ1n) is 5.73. The number of halogens is 5. The molecule has 0 atom stereocenters. The van der Waals surface area contributed by atoms with Crippen molar-refractivity contribution in [1.82, 2.24) is 0 Å². The lowest BCUT2D eigenvalue weighted by atomic mass is 9.80. The Morgan fingerprint density at radius 1 is 1.05 bits per heavy atom. The lowest BCUT2D eigenvalue weighted by molar-refractivity contribution is 0.300. The number of hydrogen-bond donors (Lipinski definition) is 0. The fraction of sp³-hybridized carbons (Fsp3) is 0.0769. The summed E-state index contributed by atoms with van der Waals surface area (Å²) < 4.78 is 56.3. The standard InChI is InChI=1S/C13H9BClF4O/c15-11-4-5-13(16)9(6-11)8-20-12-3-1-2-10(7-12)14(17,18)19/h1-7H,8H2/q-1. The highest BCUT2D eigenvalue weighted by molar-refractivity contribution is 6.73. The first-order valence-corrected chi connectivity index (χ1v) is 6.11. The van der Waals surface area contributed by atoms with Crippen LogP contribution in [0.4, 0.5) is 17.3 Å². The van der Waals surface area contributed by atoms with Crippen LogP contribution in [0.1, 0.15) is 5.56 Å². The van der Waals surface area contributed by atoms with Crippen LogP contribution in [0.15, 0.2) is 42.5 Å². The van der Waals surface area contributed by atoms with Gasteiger partial charge in [-0.15, -0.1) is 5.46 Å². The second-order valence-corrected chi connectivity index (χ2v) is 4.61. The Morgan fingerprint density at radius 3 is 2.50 bits per heavy atom. The largest absolute Gasteiger partial charge is 0.509 e. The summed E-state index contributed by atoms with van der Waals surface area (Å²) in [5, 5.41) is 0.331. The van der Waals surface area contributed by atoms with Crippen molar-refractivity contribution in [2.45, 2.75) is 6.61 Å². The van der Waals surface area contributed by atoms with Gasteiger partial charge in [-0.1, -0.05) is 23.7 Å². The maximum Gasteiger partial charge on any atom is 0.509 e.